The second kappa shape index (κ2) is 6.87. The molecule has 126 valence electrons. The van der Waals surface area contributed by atoms with Crippen molar-refractivity contribution in [3.05, 3.63) is 58.1 Å². The van der Waals surface area contributed by atoms with Gasteiger partial charge in [0.25, 0.3) is 5.91 Å². The molecule has 2 aromatic rings. The third-order valence-corrected chi connectivity index (χ3v) is 4.25. The number of nitrogens with two attached hydrogens (primary N) is 1. The van der Waals surface area contributed by atoms with Gasteiger partial charge in [0.1, 0.15) is 0 Å². The molecule has 4 nitrogen and oxygen atoms in total. The maximum atomic E-state index is 12.1. The average Bonchev–Trinajstić information content (AvgIpc) is 2.49. The highest BCUT2D eigenvalue weighted by atomic mass is 16.2. The zero-order valence-electron chi connectivity index (χ0n) is 14.9. The highest BCUT2D eigenvalue weighted by Gasteiger charge is 2.14. The Hall–Kier alpha value is -2.62. The van der Waals surface area contributed by atoms with Gasteiger partial charge in [-0.15, -0.1) is 0 Å². The molecule has 0 fully saturated rings. The summed E-state index contributed by atoms with van der Waals surface area (Å²) in [4.78, 5) is 23.6. The zero-order chi connectivity index (χ0) is 18.0. The van der Waals surface area contributed by atoms with E-state index in [0.29, 0.717) is 11.1 Å². The molecule has 0 spiro atoms. The van der Waals surface area contributed by atoms with E-state index in [1.807, 2.05) is 58.9 Å². The summed E-state index contributed by atoms with van der Waals surface area (Å²) in [5, 5.41) is 2.90. The molecular formula is C20H24N2O2. The highest BCUT2D eigenvalue weighted by Crippen LogP contribution is 2.30. The number of carbonyl (C=O) groups is 2. The quantitative estimate of drug-likeness (QED) is 0.903. The molecule has 0 unspecified atom stereocenters. The van der Waals surface area contributed by atoms with Gasteiger partial charge in [-0.05, 0) is 80.6 Å². The lowest BCUT2D eigenvalue weighted by molar-refractivity contribution is 0.0942. The lowest BCUT2D eigenvalue weighted by atomic mass is 9.90. The van der Waals surface area contributed by atoms with Gasteiger partial charge in [0.2, 0.25) is 5.91 Å². The van der Waals surface area contributed by atoms with Gasteiger partial charge in [-0.3, -0.25) is 9.59 Å². The number of hydrogen-bond donors (Lipinski definition) is 2. The van der Waals surface area contributed by atoms with Crippen LogP contribution in [0.2, 0.25) is 0 Å². The number of amides is 2. The largest absolute Gasteiger partial charge is 0.366 e. The van der Waals surface area contributed by atoms with Crippen LogP contribution in [-0.4, -0.2) is 17.9 Å². The fourth-order valence-corrected chi connectivity index (χ4v) is 2.83. The van der Waals surface area contributed by atoms with Gasteiger partial charge in [0.05, 0.1) is 0 Å². The molecule has 24 heavy (non-hydrogen) atoms. The van der Waals surface area contributed by atoms with E-state index in [-0.39, 0.29) is 11.9 Å². The standard InChI is InChI=1S/C20H24N2O2/c1-11(2)22-20(24)15-6-7-16(12(3)10-15)17-8-9-18(19(21)23)14(5)13(17)4/h6-11H,1-5H3,(H2,21,23)(H,22,24). The lowest BCUT2D eigenvalue weighted by Crippen LogP contribution is -2.30. The number of aryl methyl sites for hydroxylation is 1. The summed E-state index contributed by atoms with van der Waals surface area (Å²) in [5.41, 5.74) is 11.6. The molecule has 2 amide bonds. The maximum absolute atomic E-state index is 12.1. The third kappa shape index (κ3) is 3.48. The van der Waals surface area contributed by atoms with Gasteiger partial charge in [-0.25, -0.2) is 0 Å². The minimum atomic E-state index is -0.417. The van der Waals surface area contributed by atoms with Gasteiger partial charge in [0, 0.05) is 17.2 Å². The van der Waals surface area contributed by atoms with Crippen LogP contribution < -0.4 is 11.1 Å². The predicted octanol–water partition coefficient (Wildman–Crippen LogP) is 3.52. The highest BCUT2D eigenvalue weighted by molar-refractivity contribution is 5.97. The summed E-state index contributed by atoms with van der Waals surface area (Å²) in [6, 6.07) is 9.46. The van der Waals surface area contributed by atoms with Crippen molar-refractivity contribution >= 4 is 11.8 Å². The van der Waals surface area contributed by atoms with E-state index >= 15 is 0 Å². The van der Waals surface area contributed by atoms with Crippen molar-refractivity contribution in [1.29, 1.82) is 0 Å². The molecule has 0 radical (unpaired) electrons. The Labute approximate surface area is 143 Å². The lowest BCUT2D eigenvalue weighted by Gasteiger charge is -2.15. The van der Waals surface area contributed by atoms with E-state index < -0.39 is 5.91 Å². The van der Waals surface area contributed by atoms with Gasteiger partial charge in [-0.1, -0.05) is 12.1 Å². The van der Waals surface area contributed by atoms with E-state index in [9.17, 15) is 9.59 Å². The van der Waals surface area contributed by atoms with Crippen LogP contribution in [0.25, 0.3) is 11.1 Å². The molecule has 0 aliphatic heterocycles. The zero-order valence-corrected chi connectivity index (χ0v) is 14.9. The van der Waals surface area contributed by atoms with Crippen LogP contribution in [0.15, 0.2) is 30.3 Å². The van der Waals surface area contributed by atoms with Crippen LogP contribution in [-0.2, 0) is 0 Å². The molecule has 0 aliphatic carbocycles. The molecule has 2 rings (SSSR count). The Morgan fingerprint density at radius 3 is 2.12 bits per heavy atom. The molecule has 3 N–H and O–H groups in total. The fourth-order valence-electron chi connectivity index (χ4n) is 2.83. The molecule has 0 saturated heterocycles. The Morgan fingerprint density at radius 2 is 1.58 bits per heavy atom. The van der Waals surface area contributed by atoms with E-state index in [0.717, 1.165) is 27.8 Å². The summed E-state index contributed by atoms with van der Waals surface area (Å²) in [6.07, 6.45) is 0. The molecule has 0 bridgehead atoms. The molecule has 0 aromatic heterocycles. The molecule has 0 atom stereocenters. The van der Waals surface area contributed by atoms with Crippen LogP contribution >= 0.6 is 0 Å². The molecule has 0 heterocycles. The number of benzene rings is 2. The first-order valence-electron chi connectivity index (χ1n) is 8.04. The summed E-state index contributed by atoms with van der Waals surface area (Å²) < 4.78 is 0. The molecule has 2 aromatic carbocycles. The van der Waals surface area contributed by atoms with Crippen LogP contribution in [0.5, 0.6) is 0 Å². The van der Waals surface area contributed by atoms with Crippen molar-refractivity contribution < 1.29 is 9.59 Å². The third-order valence-electron chi connectivity index (χ3n) is 4.25. The van der Waals surface area contributed by atoms with E-state index in [2.05, 4.69) is 5.32 Å². The SMILES string of the molecule is Cc1cc(C(=O)NC(C)C)ccc1-c1ccc(C(N)=O)c(C)c1C. The number of carbonyl (C=O) groups excluding carboxylic acids is 2. The topological polar surface area (TPSA) is 72.2 Å². The van der Waals surface area contributed by atoms with Gasteiger partial charge >= 0.3 is 0 Å². The molecular weight excluding hydrogens is 300 g/mol. The second-order valence-corrected chi connectivity index (χ2v) is 6.43. The monoisotopic (exact) mass is 324 g/mol. The summed E-state index contributed by atoms with van der Waals surface area (Å²) >= 11 is 0. The van der Waals surface area contributed by atoms with Gasteiger partial charge in [0.15, 0.2) is 0 Å². The van der Waals surface area contributed by atoms with Gasteiger partial charge in [-0.2, -0.15) is 0 Å². The van der Waals surface area contributed by atoms with Crippen LogP contribution in [0.3, 0.4) is 0 Å². The molecule has 0 saturated carbocycles. The number of primary amides is 1. The minimum Gasteiger partial charge on any atom is -0.366 e. The van der Waals surface area contributed by atoms with Crippen molar-refractivity contribution in [2.24, 2.45) is 5.73 Å². The number of rotatable bonds is 4. The van der Waals surface area contributed by atoms with Gasteiger partial charge < -0.3 is 11.1 Å². The summed E-state index contributed by atoms with van der Waals surface area (Å²) in [7, 11) is 0. The Bertz CT molecular complexity index is 808. The van der Waals surface area contributed by atoms with Crippen molar-refractivity contribution in [3.8, 4) is 11.1 Å². The maximum Gasteiger partial charge on any atom is 0.251 e. The van der Waals surface area contributed by atoms with Crippen molar-refractivity contribution in [1.82, 2.24) is 5.32 Å². The van der Waals surface area contributed by atoms with Crippen molar-refractivity contribution in [2.45, 2.75) is 40.7 Å². The fraction of sp³-hybridized carbons (Fsp3) is 0.300. The van der Waals surface area contributed by atoms with Crippen LogP contribution in [0.4, 0.5) is 0 Å². The van der Waals surface area contributed by atoms with E-state index in [1.165, 1.54) is 0 Å². The normalized spacial score (nSPS) is 10.8. The second-order valence-electron chi connectivity index (χ2n) is 6.43. The Morgan fingerprint density at radius 1 is 0.958 bits per heavy atom. The number of nitrogens with one attached hydrogen (secondary N) is 1. The Kier molecular flexibility index (Phi) is 5.07. The Balaban J connectivity index is 2.46. The summed E-state index contributed by atoms with van der Waals surface area (Å²) in [5.74, 6) is -0.490. The summed E-state index contributed by atoms with van der Waals surface area (Å²) in [6.45, 7) is 9.74. The van der Waals surface area contributed by atoms with Crippen LogP contribution in [0, 0.1) is 20.8 Å². The first-order valence-corrected chi connectivity index (χ1v) is 8.04. The van der Waals surface area contributed by atoms with Crippen LogP contribution in [0.1, 0.15) is 51.3 Å². The van der Waals surface area contributed by atoms with Crippen molar-refractivity contribution in [2.75, 3.05) is 0 Å². The average molecular weight is 324 g/mol. The number of hydrogen-bond acceptors (Lipinski definition) is 2. The molecule has 0 aliphatic rings. The predicted molar refractivity (Wildman–Crippen MR) is 97.2 cm³/mol. The first-order chi connectivity index (χ1) is 11.2. The minimum absolute atomic E-state index is 0.0726. The first kappa shape index (κ1) is 17.7. The smallest absolute Gasteiger partial charge is 0.251 e. The van der Waals surface area contributed by atoms with E-state index in [4.69, 9.17) is 5.73 Å². The van der Waals surface area contributed by atoms with Crippen molar-refractivity contribution in [3.63, 3.8) is 0 Å². The molecule has 4 heteroatoms. The van der Waals surface area contributed by atoms with E-state index in [1.54, 1.807) is 6.07 Å².